The fourth-order valence-corrected chi connectivity index (χ4v) is 2.59. The molecule has 6 heteroatoms. The van der Waals surface area contributed by atoms with Crippen molar-refractivity contribution in [3.8, 4) is 5.75 Å². The van der Waals surface area contributed by atoms with Crippen molar-refractivity contribution in [1.29, 1.82) is 0 Å². The summed E-state index contributed by atoms with van der Waals surface area (Å²) < 4.78 is 10.7. The molecule has 1 aliphatic heterocycles. The van der Waals surface area contributed by atoms with Crippen LogP contribution in [0.4, 0.5) is 0 Å². The molecule has 0 aliphatic carbocycles. The lowest BCUT2D eigenvalue weighted by molar-refractivity contribution is -0.138. The van der Waals surface area contributed by atoms with Gasteiger partial charge in [-0.3, -0.25) is 9.59 Å². The third-order valence-corrected chi connectivity index (χ3v) is 3.97. The van der Waals surface area contributed by atoms with Gasteiger partial charge in [-0.2, -0.15) is 0 Å². The number of carbonyl (C=O) groups excluding carboxylic acids is 2. The molecule has 0 aromatic heterocycles. The normalized spacial score (nSPS) is 15.9. The highest BCUT2D eigenvalue weighted by Gasteiger charge is 2.29. The van der Waals surface area contributed by atoms with Crippen LogP contribution in [0.3, 0.4) is 0 Å². The minimum Gasteiger partial charge on any atom is -0.494 e. The summed E-state index contributed by atoms with van der Waals surface area (Å²) in [7, 11) is 0. The molecule has 2 amide bonds. The Morgan fingerprint density at radius 2 is 1.83 bits per heavy atom. The largest absolute Gasteiger partial charge is 0.494 e. The number of morpholine rings is 1. The summed E-state index contributed by atoms with van der Waals surface area (Å²) in [5, 5.41) is 2.87. The Hall–Kier alpha value is -2.08. The lowest BCUT2D eigenvalue weighted by atomic mass is 10.0. The molecule has 1 atom stereocenters. The summed E-state index contributed by atoms with van der Waals surface area (Å²) in [5.74, 6) is 0.428. The zero-order chi connectivity index (χ0) is 17.5. The lowest BCUT2D eigenvalue weighted by Gasteiger charge is -2.32. The van der Waals surface area contributed by atoms with Crippen molar-refractivity contribution in [2.75, 3.05) is 32.9 Å². The van der Waals surface area contributed by atoms with Crippen LogP contribution >= 0.6 is 0 Å². The van der Waals surface area contributed by atoms with Crippen molar-refractivity contribution in [2.45, 2.75) is 26.8 Å². The average Bonchev–Trinajstić information content (AvgIpc) is 2.60. The van der Waals surface area contributed by atoms with Gasteiger partial charge < -0.3 is 19.7 Å². The van der Waals surface area contributed by atoms with Crippen molar-refractivity contribution in [1.82, 2.24) is 10.2 Å². The summed E-state index contributed by atoms with van der Waals surface area (Å²) in [4.78, 5) is 26.9. The van der Waals surface area contributed by atoms with Crippen LogP contribution in [0, 0.1) is 5.92 Å². The van der Waals surface area contributed by atoms with E-state index in [1.54, 1.807) is 29.2 Å². The van der Waals surface area contributed by atoms with Gasteiger partial charge >= 0.3 is 0 Å². The lowest BCUT2D eigenvalue weighted by Crippen LogP contribution is -2.53. The molecule has 1 heterocycles. The number of amides is 2. The number of ether oxygens (including phenoxy) is 2. The monoisotopic (exact) mass is 334 g/mol. The molecule has 1 aromatic rings. The summed E-state index contributed by atoms with van der Waals surface area (Å²) in [6, 6.07) is 6.38. The molecular formula is C18H26N2O4. The van der Waals surface area contributed by atoms with Crippen LogP contribution in [0.5, 0.6) is 5.75 Å². The van der Waals surface area contributed by atoms with E-state index in [1.165, 1.54) is 0 Å². The van der Waals surface area contributed by atoms with Crippen molar-refractivity contribution in [2.24, 2.45) is 5.92 Å². The number of benzene rings is 1. The van der Waals surface area contributed by atoms with Crippen LogP contribution < -0.4 is 10.1 Å². The number of carbonyl (C=O) groups is 2. The topological polar surface area (TPSA) is 67.9 Å². The van der Waals surface area contributed by atoms with E-state index < -0.39 is 6.04 Å². The summed E-state index contributed by atoms with van der Waals surface area (Å²) in [6.07, 6.45) is 0. The highest BCUT2D eigenvalue weighted by Crippen LogP contribution is 2.14. The molecule has 0 spiro atoms. The number of nitrogens with one attached hydrogen (secondary N) is 1. The van der Waals surface area contributed by atoms with Crippen LogP contribution in [-0.2, 0) is 9.53 Å². The molecule has 2 rings (SSSR count). The second-order valence-corrected chi connectivity index (χ2v) is 6.09. The van der Waals surface area contributed by atoms with Crippen molar-refractivity contribution in [3.63, 3.8) is 0 Å². The van der Waals surface area contributed by atoms with Crippen LogP contribution in [0.1, 0.15) is 31.1 Å². The van der Waals surface area contributed by atoms with E-state index in [9.17, 15) is 9.59 Å². The van der Waals surface area contributed by atoms with E-state index in [4.69, 9.17) is 9.47 Å². The molecule has 1 aromatic carbocycles. The first-order chi connectivity index (χ1) is 11.5. The standard InChI is InChI=1S/C18H26N2O4/c1-4-24-15-7-5-14(6-8-15)17(21)19-16(13(2)3)18(22)20-9-11-23-12-10-20/h5-8,13,16H,4,9-12H2,1-3H3,(H,19,21)/t16-/m0/s1. The van der Waals surface area contributed by atoms with Gasteiger partial charge in [-0.1, -0.05) is 13.8 Å². The molecule has 1 aliphatic rings. The molecular weight excluding hydrogens is 308 g/mol. The Balaban J connectivity index is 2.03. The third-order valence-electron chi connectivity index (χ3n) is 3.97. The van der Waals surface area contributed by atoms with Crippen LogP contribution in [0.25, 0.3) is 0 Å². The van der Waals surface area contributed by atoms with E-state index >= 15 is 0 Å². The van der Waals surface area contributed by atoms with Crippen molar-refractivity contribution >= 4 is 11.8 Å². The van der Waals surface area contributed by atoms with Crippen molar-refractivity contribution < 1.29 is 19.1 Å². The third kappa shape index (κ3) is 4.71. The summed E-state index contributed by atoms with van der Waals surface area (Å²) in [5.41, 5.74) is 0.513. The predicted octanol–water partition coefficient (Wildman–Crippen LogP) is 1.70. The number of hydrogen-bond acceptors (Lipinski definition) is 4. The van der Waals surface area contributed by atoms with E-state index in [2.05, 4.69) is 5.32 Å². The molecule has 132 valence electrons. The minimum atomic E-state index is -0.540. The predicted molar refractivity (Wildman–Crippen MR) is 91.1 cm³/mol. The fourth-order valence-electron chi connectivity index (χ4n) is 2.59. The van der Waals surface area contributed by atoms with Crippen molar-refractivity contribution in [3.05, 3.63) is 29.8 Å². The molecule has 24 heavy (non-hydrogen) atoms. The van der Waals surface area contributed by atoms with Gasteiger partial charge in [0, 0.05) is 18.7 Å². The van der Waals surface area contributed by atoms with Crippen LogP contribution in [0.2, 0.25) is 0 Å². The zero-order valence-electron chi connectivity index (χ0n) is 14.6. The van der Waals surface area contributed by atoms with Gasteiger partial charge in [-0.25, -0.2) is 0 Å². The number of nitrogens with zero attached hydrogens (tertiary/aromatic N) is 1. The Morgan fingerprint density at radius 3 is 2.38 bits per heavy atom. The van der Waals surface area contributed by atoms with Crippen LogP contribution in [0.15, 0.2) is 24.3 Å². The summed E-state index contributed by atoms with van der Waals surface area (Å²) >= 11 is 0. The van der Waals surface area contributed by atoms with Gasteiger partial charge in [-0.05, 0) is 37.1 Å². The minimum absolute atomic E-state index is 0.00647. The first kappa shape index (κ1) is 18.3. The first-order valence-electron chi connectivity index (χ1n) is 8.43. The van der Waals surface area contributed by atoms with Crippen LogP contribution in [-0.4, -0.2) is 55.7 Å². The van der Waals surface area contributed by atoms with E-state index in [1.807, 2.05) is 20.8 Å². The van der Waals surface area contributed by atoms with E-state index in [-0.39, 0.29) is 17.7 Å². The van der Waals surface area contributed by atoms with Gasteiger partial charge in [0.2, 0.25) is 5.91 Å². The van der Waals surface area contributed by atoms with Gasteiger partial charge in [-0.15, -0.1) is 0 Å². The molecule has 0 unspecified atom stereocenters. The van der Waals surface area contributed by atoms with E-state index in [0.717, 1.165) is 5.75 Å². The fraction of sp³-hybridized carbons (Fsp3) is 0.556. The summed E-state index contributed by atoms with van der Waals surface area (Å²) in [6.45, 7) is 8.58. The average molecular weight is 334 g/mol. The molecule has 0 saturated carbocycles. The molecule has 1 fully saturated rings. The maximum absolute atomic E-state index is 12.7. The smallest absolute Gasteiger partial charge is 0.251 e. The molecule has 1 N–H and O–H groups in total. The molecule has 0 radical (unpaired) electrons. The second-order valence-electron chi connectivity index (χ2n) is 6.09. The Bertz CT molecular complexity index is 551. The van der Waals surface area contributed by atoms with Gasteiger partial charge in [0.1, 0.15) is 11.8 Å². The highest BCUT2D eigenvalue weighted by molar-refractivity contribution is 5.97. The Labute approximate surface area is 143 Å². The number of hydrogen-bond donors (Lipinski definition) is 1. The molecule has 1 saturated heterocycles. The Kier molecular flexibility index (Phi) is 6.61. The quantitative estimate of drug-likeness (QED) is 0.860. The molecule has 0 bridgehead atoms. The maximum atomic E-state index is 12.7. The van der Waals surface area contributed by atoms with Gasteiger partial charge in [0.05, 0.1) is 19.8 Å². The van der Waals surface area contributed by atoms with E-state index in [0.29, 0.717) is 38.5 Å². The highest BCUT2D eigenvalue weighted by atomic mass is 16.5. The number of rotatable bonds is 6. The Morgan fingerprint density at radius 1 is 1.21 bits per heavy atom. The maximum Gasteiger partial charge on any atom is 0.251 e. The SMILES string of the molecule is CCOc1ccc(C(=O)N[C@H](C(=O)N2CCOCC2)C(C)C)cc1. The molecule has 6 nitrogen and oxygen atoms in total. The van der Waals surface area contributed by atoms with Gasteiger partial charge in [0.15, 0.2) is 0 Å². The zero-order valence-corrected chi connectivity index (χ0v) is 14.6. The second kappa shape index (κ2) is 8.68. The van der Waals surface area contributed by atoms with Gasteiger partial charge in [0.25, 0.3) is 5.91 Å². The first-order valence-corrected chi connectivity index (χ1v) is 8.43.